The first-order chi connectivity index (χ1) is 11.4. The van der Waals surface area contributed by atoms with Gasteiger partial charge >= 0.3 is 0 Å². The molecule has 1 aliphatic heterocycles. The number of anilines is 2. The first kappa shape index (κ1) is 14.6. The molecular formula is C18H20N4S. The van der Waals surface area contributed by atoms with Crippen LogP contribution in [0.3, 0.4) is 0 Å². The summed E-state index contributed by atoms with van der Waals surface area (Å²) in [5.74, 6) is 0.874. The summed E-state index contributed by atoms with van der Waals surface area (Å²) < 4.78 is 2.44. The fourth-order valence-corrected chi connectivity index (χ4v) is 3.85. The average Bonchev–Trinajstić information content (AvgIpc) is 3.05. The third kappa shape index (κ3) is 3.51. The van der Waals surface area contributed by atoms with Gasteiger partial charge in [-0.1, -0.05) is 12.5 Å². The van der Waals surface area contributed by atoms with Crippen molar-refractivity contribution in [2.24, 2.45) is 0 Å². The van der Waals surface area contributed by atoms with Gasteiger partial charge in [-0.2, -0.15) is 0 Å². The average molecular weight is 324 g/mol. The summed E-state index contributed by atoms with van der Waals surface area (Å²) in [5, 5.41) is 4.58. The van der Waals surface area contributed by atoms with Crippen LogP contribution in [-0.4, -0.2) is 27.4 Å². The number of benzene rings is 1. The van der Waals surface area contributed by atoms with Crippen molar-refractivity contribution in [1.29, 1.82) is 0 Å². The number of rotatable bonds is 4. The Bertz CT molecular complexity index is 775. The van der Waals surface area contributed by atoms with Gasteiger partial charge in [0.25, 0.3) is 0 Å². The largest absolute Gasteiger partial charge is 0.361 e. The van der Waals surface area contributed by atoms with Gasteiger partial charge in [0.15, 0.2) is 0 Å². The van der Waals surface area contributed by atoms with Crippen LogP contribution in [0.1, 0.15) is 19.3 Å². The van der Waals surface area contributed by atoms with Crippen LogP contribution in [0.5, 0.6) is 0 Å². The van der Waals surface area contributed by atoms with Crippen molar-refractivity contribution in [3.63, 3.8) is 0 Å². The maximum absolute atomic E-state index is 4.54. The Balaban J connectivity index is 1.42. The Morgan fingerprint density at radius 1 is 1.04 bits per heavy atom. The normalized spacial score (nSPS) is 15.8. The first-order valence-electron chi connectivity index (χ1n) is 8.10. The molecule has 2 aromatic heterocycles. The molecule has 4 nitrogen and oxygen atoms in total. The maximum Gasteiger partial charge on any atom is 0.130 e. The molecule has 3 aromatic rings. The molecule has 0 radical (unpaired) electrons. The van der Waals surface area contributed by atoms with E-state index in [9.17, 15) is 0 Å². The van der Waals surface area contributed by atoms with E-state index in [-0.39, 0.29) is 0 Å². The van der Waals surface area contributed by atoms with Crippen molar-refractivity contribution in [3.8, 4) is 0 Å². The molecule has 0 bridgehead atoms. The Morgan fingerprint density at radius 3 is 2.78 bits per heavy atom. The summed E-state index contributed by atoms with van der Waals surface area (Å²) in [4.78, 5) is 8.98. The Kier molecular flexibility index (Phi) is 4.22. The van der Waals surface area contributed by atoms with Crippen LogP contribution in [0.4, 0.5) is 11.5 Å². The number of pyridine rings is 1. The van der Waals surface area contributed by atoms with Crippen molar-refractivity contribution >= 4 is 34.4 Å². The lowest BCUT2D eigenvalue weighted by Gasteiger charge is -2.24. The number of aromatic nitrogens is 2. The molecular weight excluding hydrogens is 304 g/mol. The fraction of sp³-hybridized carbons (Fsp3) is 0.278. The van der Waals surface area contributed by atoms with Gasteiger partial charge in [0, 0.05) is 41.6 Å². The molecule has 5 heteroatoms. The van der Waals surface area contributed by atoms with E-state index in [1.165, 1.54) is 42.6 Å². The van der Waals surface area contributed by atoms with E-state index in [4.69, 9.17) is 0 Å². The predicted molar refractivity (Wildman–Crippen MR) is 97.1 cm³/mol. The lowest BCUT2D eigenvalue weighted by Crippen LogP contribution is -2.22. The van der Waals surface area contributed by atoms with Crippen LogP contribution in [0, 0.1) is 0 Å². The second kappa shape index (κ2) is 6.64. The summed E-state index contributed by atoms with van der Waals surface area (Å²) in [6.45, 7) is 2.36. The highest BCUT2D eigenvalue weighted by atomic mass is 32.2. The second-order valence-electron chi connectivity index (χ2n) is 5.86. The molecule has 23 heavy (non-hydrogen) atoms. The number of hydrogen-bond acceptors (Lipinski definition) is 4. The molecule has 118 valence electrons. The smallest absolute Gasteiger partial charge is 0.130 e. The standard InChI is InChI=1S/C18H20N4S/c1-2-10-22(11-3-1)23-16-6-7-18(20-13-16)21-15-5-4-14-8-9-19-17(14)12-15/h4-9,12-13,19H,1-3,10-11H2,(H,20,21). The number of piperidine rings is 1. The second-order valence-corrected chi connectivity index (χ2v) is 7.04. The Hall–Kier alpha value is -1.98. The molecule has 0 saturated carbocycles. The van der Waals surface area contributed by atoms with Gasteiger partial charge in [-0.15, -0.1) is 0 Å². The maximum atomic E-state index is 4.54. The SMILES string of the molecule is c1cc2ccc(Nc3ccc(SN4CCCCC4)cn3)cc2[nH]1. The fourth-order valence-electron chi connectivity index (χ4n) is 2.89. The number of fused-ring (bicyclic) bond motifs is 1. The van der Waals surface area contributed by atoms with Gasteiger partial charge in [-0.3, -0.25) is 0 Å². The lowest BCUT2D eigenvalue weighted by molar-refractivity contribution is 0.380. The molecule has 0 amide bonds. The summed E-state index contributed by atoms with van der Waals surface area (Å²) in [6, 6.07) is 12.5. The summed E-state index contributed by atoms with van der Waals surface area (Å²) in [7, 11) is 0. The molecule has 1 fully saturated rings. The van der Waals surface area contributed by atoms with E-state index in [1.807, 2.05) is 30.4 Å². The van der Waals surface area contributed by atoms with Crippen LogP contribution in [0.15, 0.2) is 53.7 Å². The van der Waals surface area contributed by atoms with Crippen molar-refractivity contribution in [1.82, 2.24) is 14.3 Å². The van der Waals surface area contributed by atoms with Crippen molar-refractivity contribution in [3.05, 3.63) is 48.8 Å². The van der Waals surface area contributed by atoms with E-state index >= 15 is 0 Å². The molecule has 4 rings (SSSR count). The van der Waals surface area contributed by atoms with E-state index in [0.717, 1.165) is 17.0 Å². The van der Waals surface area contributed by atoms with Gasteiger partial charge in [0.1, 0.15) is 5.82 Å². The van der Waals surface area contributed by atoms with Gasteiger partial charge in [-0.25, -0.2) is 9.29 Å². The summed E-state index contributed by atoms with van der Waals surface area (Å²) >= 11 is 1.82. The quantitative estimate of drug-likeness (QED) is 0.677. The number of aromatic amines is 1. The summed E-state index contributed by atoms with van der Waals surface area (Å²) in [5.41, 5.74) is 2.18. The molecule has 0 atom stereocenters. The van der Waals surface area contributed by atoms with E-state index in [0.29, 0.717) is 0 Å². The third-order valence-electron chi connectivity index (χ3n) is 4.11. The van der Waals surface area contributed by atoms with Crippen LogP contribution in [0.25, 0.3) is 10.9 Å². The predicted octanol–water partition coefficient (Wildman–Crippen LogP) is 4.80. The van der Waals surface area contributed by atoms with Gasteiger partial charge in [0.2, 0.25) is 0 Å². The van der Waals surface area contributed by atoms with E-state index in [1.54, 1.807) is 0 Å². The Morgan fingerprint density at radius 2 is 1.96 bits per heavy atom. The molecule has 1 aliphatic rings. The van der Waals surface area contributed by atoms with Crippen LogP contribution < -0.4 is 5.32 Å². The molecule has 0 aliphatic carbocycles. The number of H-pyrrole nitrogens is 1. The minimum Gasteiger partial charge on any atom is -0.361 e. The van der Waals surface area contributed by atoms with Gasteiger partial charge in [0.05, 0.1) is 0 Å². The molecule has 3 heterocycles. The lowest BCUT2D eigenvalue weighted by atomic mass is 10.2. The third-order valence-corrected chi connectivity index (χ3v) is 5.19. The molecule has 0 unspecified atom stereocenters. The molecule has 1 aromatic carbocycles. The minimum absolute atomic E-state index is 0.874. The monoisotopic (exact) mass is 324 g/mol. The minimum atomic E-state index is 0.874. The zero-order chi connectivity index (χ0) is 15.5. The van der Waals surface area contributed by atoms with Crippen LogP contribution in [-0.2, 0) is 0 Å². The van der Waals surface area contributed by atoms with Crippen molar-refractivity contribution < 1.29 is 0 Å². The number of nitrogens with zero attached hydrogens (tertiary/aromatic N) is 2. The molecule has 0 spiro atoms. The van der Waals surface area contributed by atoms with E-state index < -0.39 is 0 Å². The highest BCUT2D eigenvalue weighted by Crippen LogP contribution is 2.27. The zero-order valence-electron chi connectivity index (χ0n) is 13.0. The highest BCUT2D eigenvalue weighted by Gasteiger charge is 2.11. The van der Waals surface area contributed by atoms with Gasteiger partial charge in [-0.05, 0) is 60.5 Å². The van der Waals surface area contributed by atoms with Crippen LogP contribution >= 0.6 is 11.9 Å². The molecule has 1 saturated heterocycles. The summed E-state index contributed by atoms with van der Waals surface area (Å²) in [6.07, 6.45) is 7.89. The number of nitrogens with one attached hydrogen (secondary N) is 2. The first-order valence-corrected chi connectivity index (χ1v) is 8.87. The molecule has 2 N–H and O–H groups in total. The van der Waals surface area contributed by atoms with Crippen molar-refractivity contribution in [2.75, 3.05) is 18.4 Å². The number of hydrogen-bond donors (Lipinski definition) is 2. The highest BCUT2D eigenvalue weighted by molar-refractivity contribution is 7.97. The zero-order valence-corrected chi connectivity index (χ0v) is 13.8. The van der Waals surface area contributed by atoms with Gasteiger partial charge < -0.3 is 10.3 Å². The Labute approximate surface area is 140 Å². The van der Waals surface area contributed by atoms with Crippen LogP contribution in [0.2, 0.25) is 0 Å². The van der Waals surface area contributed by atoms with Crippen molar-refractivity contribution in [2.45, 2.75) is 24.2 Å². The topological polar surface area (TPSA) is 44.0 Å². The van der Waals surface area contributed by atoms with E-state index in [2.05, 4.69) is 49.9 Å².